The molecule has 0 aromatic heterocycles. The Morgan fingerprint density at radius 2 is 1.55 bits per heavy atom. The summed E-state index contributed by atoms with van der Waals surface area (Å²) in [6.45, 7) is 0. The second kappa shape index (κ2) is 6.22. The van der Waals surface area contributed by atoms with E-state index in [9.17, 15) is 23.1 Å². The Bertz CT molecular complexity index is 676. The molecule has 0 heterocycles. The van der Waals surface area contributed by atoms with E-state index in [2.05, 4.69) is 0 Å². The van der Waals surface area contributed by atoms with Crippen molar-refractivity contribution in [2.24, 2.45) is 0 Å². The maximum absolute atomic E-state index is 13.0. The van der Waals surface area contributed by atoms with Crippen LogP contribution in [-0.2, 0) is 15.2 Å². The van der Waals surface area contributed by atoms with Crippen molar-refractivity contribution in [3.8, 4) is 0 Å². The number of aliphatic carboxylic acids is 1. The third-order valence-electron chi connectivity index (χ3n) is 2.86. The van der Waals surface area contributed by atoms with Crippen LogP contribution in [0.5, 0.6) is 0 Å². The molecule has 0 aliphatic heterocycles. The Hall–Kier alpha value is -1.66. The van der Waals surface area contributed by atoms with Crippen molar-refractivity contribution in [1.82, 2.24) is 0 Å². The number of rotatable bonds is 4. The van der Waals surface area contributed by atoms with Crippen molar-refractivity contribution >= 4 is 29.3 Å². The largest absolute Gasteiger partial charge is 0.479 e. The minimum atomic E-state index is -4.59. The van der Waals surface area contributed by atoms with Gasteiger partial charge in [0.25, 0.3) is 0 Å². The standard InChI is InChI=1S/C15H10ClF3O2S/c16-14(13(20)21,10-6-2-1-3-7-10)22-12-9-5-4-8-11(12)15(17,18)19/h1-9H,(H,20,21). The average Bonchev–Trinajstić information content (AvgIpc) is 2.47. The zero-order chi connectivity index (χ0) is 16.4. The molecule has 0 saturated carbocycles. The fraction of sp³-hybridized carbons (Fsp3) is 0.133. The van der Waals surface area contributed by atoms with Gasteiger partial charge in [0.05, 0.1) is 5.56 Å². The first-order valence-electron chi connectivity index (χ1n) is 6.08. The molecule has 0 aliphatic rings. The first-order valence-corrected chi connectivity index (χ1v) is 7.27. The van der Waals surface area contributed by atoms with Gasteiger partial charge in [0.1, 0.15) is 0 Å². The highest BCUT2D eigenvalue weighted by atomic mass is 35.5. The van der Waals surface area contributed by atoms with Gasteiger partial charge in [-0.1, -0.05) is 65.8 Å². The van der Waals surface area contributed by atoms with Gasteiger partial charge < -0.3 is 5.11 Å². The van der Waals surface area contributed by atoms with Crippen LogP contribution in [0.25, 0.3) is 0 Å². The fourth-order valence-electron chi connectivity index (χ4n) is 1.82. The van der Waals surface area contributed by atoms with Crippen molar-refractivity contribution in [3.05, 3.63) is 65.7 Å². The van der Waals surface area contributed by atoms with Crippen molar-refractivity contribution in [2.75, 3.05) is 0 Å². The minimum absolute atomic E-state index is 0.200. The number of carbonyl (C=O) groups is 1. The molecule has 0 fully saturated rings. The predicted octanol–water partition coefficient (Wildman–Crippen LogP) is 4.97. The summed E-state index contributed by atoms with van der Waals surface area (Å²) in [5, 5.41) is 9.41. The van der Waals surface area contributed by atoms with Gasteiger partial charge in [0.15, 0.2) is 0 Å². The lowest BCUT2D eigenvalue weighted by molar-refractivity contribution is -0.140. The van der Waals surface area contributed by atoms with Crippen LogP contribution >= 0.6 is 23.4 Å². The van der Waals surface area contributed by atoms with Crippen LogP contribution in [0.3, 0.4) is 0 Å². The normalized spacial score (nSPS) is 14.4. The zero-order valence-corrected chi connectivity index (χ0v) is 12.5. The summed E-state index contributed by atoms with van der Waals surface area (Å²) in [5.41, 5.74) is -0.714. The molecule has 7 heteroatoms. The number of thioether (sulfide) groups is 1. The quantitative estimate of drug-likeness (QED) is 0.627. The van der Waals surface area contributed by atoms with Crippen LogP contribution in [0.15, 0.2) is 59.5 Å². The Balaban J connectivity index is 2.49. The fourth-order valence-corrected chi connectivity index (χ4v) is 3.28. The molecular weight excluding hydrogens is 337 g/mol. The maximum Gasteiger partial charge on any atom is 0.417 e. The molecule has 2 rings (SSSR count). The smallest absolute Gasteiger partial charge is 0.417 e. The van der Waals surface area contributed by atoms with E-state index in [4.69, 9.17) is 11.6 Å². The van der Waals surface area contributed by atoms with Gasteiger partial charge in [-0.15, -0.1) is 0 Å². The van der Waals surface area contributed by atoms with Gasteiger partial charge >= 0.3 is 12.1 Å². The van der Waals surface area contributed by atoms with Gasteiger partial charge in [-0.3, -0.25) is 0 Å². The van der Waals surface area contributed by atoms with E-state index >= 15 is 0 Å². The molecule has 0 radical (unpaired) electrons. The lowest BCUT2D eigenvalue weighted by Gasteiger charge is -2.24. The summed E-state index contributed by atoms with van der Waals surface area (Å²) in [5.74, 6) is -1.43. The van der Waals surface area contributed by atoms with Gasteiger partial charge in [-0.2, -0.15) is 13.2 Å². The molecular formula is C15H10ClF3O2S. The van der Waals surface area contributed by atoms with E-state index in [-0.39, 0.29) is 10.5 Å². The summed E-state index contributed by atoms with van der Waals surface area (Å²) in [6, 6.07) is 12.5. The van der Waals surface area contributed by atoms with Crippen LogP contribution in [0.1, 0.15) is 11.1 Å². The molecule has 116 valence electrons. The second-order valence-electron chi connectivity index (χ2n) is 4.36. The molecule has 1 N–H and O–H groups in total. The van der Waals surface area contributed by atoms with Crippen molar-refractivity contribution in [1.29, 1.82) is 0 Å². The molecule has 0 saturated heterocycles. The highest BCUT2D eigenvalue weighted by molar-refractivity contribution is 8.02. The Labute approximate surface area is 133 Å². The zero-order valence-electron chi connectivity index (χ0n) is 11.0. The first kappa shape index (κ1) is 16.7. The minimum Gasteiger partial charge on any atom is -0.479 e. The first-order chi connectivity index (χ1) is 10.2. The number of benzene rings is 2. The van der Waals surface area contributed by atoms with Crippen LogP contribution < -0.4 is 0 Å². The number of halogens is 4. The van der Waals surface area contributed by atoms with Crippen molar-refractivity contribution < 1.29 is 23.1 Å². The number of hydrogen-bond acceptors (Lipinski definition) is 2. The predicted molar refractivity (Wildman–Crippen MR) is 78.9 cm³/mol. The molecule has 1 unspecified atom stereocenters. The van der Waals surface area contributed by atoms with Crippen LogP contribution in [0, 0.1) is 0 Å². The molecule has 0 bridgehead atoms. The summed E-state index contributed by atoms with van der Waals surface area (Å²) < 4.78 is 37.0. The molecule has 2 aromatic rings. The van der Waals surface area contributed by atoms with E-state index < -0.39 is 21.9 Å². The van der Waals surface area contributed by atoms with Crippen LogP contribution in [0.4, 0.5) is 13.2 Å². The third kappa shape index (κ3) is 3.39. The topological polar surface area (TPSA) is 37.3 Å². The molecule has 0 aliphatic carbocycles. The Morgan fingerprint density at radius 3 is 2.09 bits per heavy atom. The second-order valence-corrected chi connectivity index (χ2v) is 6.41. The summed E-state index contributed by atoms with van der Waals surface area (Å²) in [4.78, 5) is 11.3. The van der Waals surface area contributed by atoms with Gasteiger partial charge in [0.2, 0.25) is 4.21 Å². The van der Waals surface area contributed by atoms with E-state index in [0.29, 0.717) is 11.8 Å². The van der Waals surface area contributed by atoms with Gasteiger partial charge in [-0.05, 0) is 17.7 Å². The monoisotopic (exact) mass is 346 g/mol. The van der Waals surface area contributed by atoms with E-state index in [0.717, 1.165) is 6.07 Å². The highest BCUT2D eigenvalue weighted by Gasteiger charge is 2.42. The van der Waals surface area contributed by atoms with E-state index in [1.54, 1.807) is 18.2 Å². The number of alkyl halides is 4. The summed E-state index contributed by atoms with van der Waals surface area (Å²) >= 11 is 6.60. The Kier molecular flexibility index (Phi) is 4.72. The van der Waals surface area contributed by atoms with E-state index in [1.165, 1.54) is 30.3 Å². The summed E-state index contributed by atoms with van der Waals surface area (Å²) in [7, 11) is 0. The van der Waals surface area contributed by atoms with Crippen molar-refractivity contribution in [2.45, 2.75) is 15.3 Å². The molecule has 0 amide bonds. The van der Waals surface area contributed by atoms with Crippen LogP contribution in [0.2, 0.25) is 0 Å². The summed E-state index contributed by atoms with van der Waals surface area (Å²) in [6.07, 6.45) is -4.59. The SMILES string of the molecule is O=C(O)C(Cl)(Sc1ccccc1C(F)(F)F)c1ccccc1. The lowest BCUT2D eigenvalue weighted by Crippen LogP contribution is -2.26. The number of carboxylic acids is 1. The highest BCUT2D eigenvalue weighted by Crippen LogP contribution is 2.48. The van der Waals surface area contributed by atoms with E-state index in [1.807, 2.05) is 0 Å². The molecule has 1 atom stereocenters. The number of carboxylic acid groups (broad SMARTS) is 1. The molecule has 2 aromatic carbocycles. The average molecular weight is 347 g/mol. The molecule has 0 spiro atoms. The van der Waals surface area contributed by atoms with Crippen LogP contribution in [-0.4, -0.2) is 11.1 Å². The lowest BCUT2D eigenvalue weighted by atomic mass is 10.1. The maximum atomic E-state index is 13.0. The van der Waals surface area contributed by atoms with Crippen molar-refractivity contribution in [3.63, 3.8) is 0 Å². The van der Waals surface area contributed by atoms with Gasteiger partial charge in [-0.25, -0.2) is 4.79 Å². The molecule has 2 nitrogen and oxygen atoms in total. The third-order valence-corrected chi connectivity index (χ3v) is 4.74. The Morgan fingerprint density at radius 1 is 1.00 bits per heavy atom. The number of hydrogen-bond donors (Lipinski definition) is 1. The van der Waals surface area contributed by atoms with Gasteiger partial charge in [0, 0.05) is 4.90 Å². The molecule has 22 heavy (non-hydrogen) atoms.